The molecule has 7 heteroatoms. The highest BCUT2D eigenvalue weighted by molar-refractivity contribution is 7.13. The molecule has 1 amide bonds. The van der Waals surface area contributed by atoms with Crippen LogP contribution >= 0.6 is 11.3 Å². The lowest BCUT2D eigenvalue weighted by atomic mass is 9.81. The van der Waals surface area contributed by atoms with Gasteiger partial charge in [0, 0.05) is 19.4 Å². The summed E-state index contributed by atoms with van der Waals surface area (Å²) >= 11 is 1.57. The van der Waals surface area contributed by atoms with Crippen LogP contribution in [-0.2, 0) is 11.2 Å². The number of hydrogen-bond acceptors (Lipinski definition) is 6. The highest BCUT2D eigenvalue weighted by Crippen LogP contribution is 2.26. The van der Waals surface area contributed by atoms with Gasteiger partial charge in [0.25, 0.3) is 0 Å². The van der Waals surface area contributed by atoms with E-state index in [0.717, 1.165) is 37.4 Å². The Labute approximate surface area is 139 Å². The quantitative estimate of drug-likeness (QED) is 0.847. The molecule has 2 aromatic heterocycles. The van der Waals surface area contributed by atoms with Gasteiger partial charge in [-0.25, -0.2) is 0 Å². The third-order valence-corrected chi connectivity index (χ3v) is 5.16. The zero-order valence-corrected chi connectivity index (χ0v) is 14.1. The molecule has 6 nitrogen and oxygen atoms in total. The van der Waals surface area contributed by atoms with E-state index in [1.54, 1.807) is 11.3 Å². The van der Waals surface area contributed by atoms with Crippen molar-refractivity contribution in [3.63, 3.8) is 0 Å². The van der Waals surface area contributed by atoms with Gasteiger partial charge in [0.2, 0.25) is 17.6 Å². The van der Waals surface area contributed by atoms with Crippen LogP contribution in [0.3, 0.4) is 0 Å². The molecule has 1 fully saturated rings. The smallest absolute Gasteiger partial charge is 0.227 e. The van der Waals surface area contributed by atoms with E-state index in [1.807, 2.05) is 17.5 Å². The van der Waals surface area contributed by atoms with Crippen LogP contribution in [0.1, 0.15) is 32.1 Å². The number of aryl methyl sites for hydroxylation is 1. The van der Waals surface area contributed by atoms with E-state index in [4.69, 9.17) is 4.52 Å². The molecular formula is C16H22N4O2S. The molecule has 2 N–H and O–H groups in total. The van der Waals surface area contributed by atoms with Gasteiger partial charge in [-0.1, -0.05) is 18.1 Å². The normalized spacial score (nSPS) is 17.1. The van der Waals surface area contributed by atoms with Gasteiger partial charge in [-0.2, -0.15) is 4.98 Å². The Hall–Kier alpha value is -1.73. The minimum Gasteiger partial charge on any atom is -0.356 e. The van der Waals surface area contributed by atoms with Crippen molar-refractivity contribution in [2.75, 3.05) is 19.6 Å². The molecule has 1 aliphatic rings. The number of piperidine rings is 1. The largest absolute Gasteiger partial charge is 0.356 e. The summed E-state index contributed by atoms with van der Waals surface area (Å²) < 4.78 is 5.21. The zero-order chi connectivity index (χ0) is 16.1. The predicted octanol–water partition coefficient (Wildman–Crippen LogP) is 2.24. The summed E-state index contributed by atoms with van der Waals surface area (Å²) in [6, 6.07) is 3.90. The maximum atomic E-state index is 12.0. The first kappa shape index (κ1) is 16.1. The van der Waals surface area contributed by atoms with Gasteiger partial charge in [-0.05, 0) is 42.8 Å². The fourth-order valence-corrected chi connectivity index (χ4v) is 3.34. The molecule has 0 aliphatic carbocycles. The van der Waals surface area contributed by atoms with Crippen molar-refractivity contribution in [3.8, 4) is 10.7 Å². The van der Waals surface area contributed by atoms with E-state index >= 15 is 0 Å². The van der Waals surface area contributed by atoms with Crippen LogP contribution < -0.4 is 10.6 Å². The molecule has 0 bridgehead atoms. The van der Waals surface area contributed by atoms with Crippen LogP contribution in [0.4, 0.5) is 0 Å². The fourth-order valence-electron chi connectivity index (χ4n) is 2.69. The lowest BCUT2D eigenvalue weighted by Crippen LogP contribution is -2.42. The van der Waals surface area contributed by atoms with Gasteiger partial charge < -0.3 is 15.2 Å². The number of nitrogens with zero attached hydrogens (tertiary/aromatic N) is 2. The summed E-state index contributed by atoms with van der Waals surface area (Å²) in [5.74, 6) is 1.15. The minimum absolute atomic E-state index is 0.0423. The second-order valence-electron chi connectivity index (χ2n) is 6.33. The van der Waals surface area contributed by atoms with E-state index < -0.39 is 0 Å². The number of rotatable bonds is 6. The van der Waals surface area contributed by atoms with Crippen LogP contribution in [0.5, 0.6) is 0 Å². The van der Waals surface area contributed by atoms with Crippen LogP contribution in [0.25, 0.3) is 10.7 Å². The summed E-state index contributed by atoms with van der Waals surface area (Å²) in [7, 11) is 0. The number of hydrogen-bond donors (Lipinski definition) is 2. The number of carbonyl (C=O) groups excluding carboxylic acids is 1. The van der Waals surface area contributed by atoms with Crippen molar-refractivity contribution in [1.29, 1.82) is 0 Å². The van der Waals surface area contributed by atoms with Gasteiger partial charge in [-0.3, -0.25) is 4.79 Å². The molecule has 0 unspecified atom stereocenters. The highest BCUT2D eigenvalue weighted by Gasteiger charge is 2.26. The first-order valence-corrected chi connectivity index (χ1v) is 8.86. The molecule has 1 aliphatic heterocycles. The molecule has 0 spiro atoms. The average Bonchev–Trinajstić information content (AvgIpc) is 3.23. The highest BCUT2D eigenvalue weighted by atomic mass is 32.1. The van der Waals surface area contributed by atoms with Crippen LogP contribution in [0.2, 0.25) is 0 Å². The van der Waals surface area contributed by atoms with Crippen molar-refractivity contribution in [2.45, 2.75) is 32.6 Å². The number of carbonyl (C=O) groups is 1. The van der Waals surface area contributed by atoms with Gasteiger partial charge in [0.15, 0.2) is 0 Å². The Morgan fingerprint density at radius 2 is 2.30 bits per heavy atom. The first-order chi connectivity index (χ1) is 11.1. The third-order valence-electron chi connectivity index (χ3n) is 4.30. The van der Waals surface area contributed by atoms with Gasteiger partial charge >= 0.3 is 0 Å². The Morgan fingerprint density at radius 1 is 1.48 bits per heavy atom. The average molecular weight is 334 g/mol. The van der Waals surface area contributed by atoms with E-state index in [1.165, 1.54) is 0 Å². The summed E-state index contributed by atoms with van der Waals surface area (Å²) in [5, 5.41) is 12.3. The minimum atomic E-state index is 0.0423. The molecule has 0 atom stereocenters. The molecule has 0 saturated carbocycles. The Morgan fingerprint density at radius 3 is 3.04 bits per heavy atom. The molecule has 3 heterocycles. The topological polar surface area (TPSA) is 80.1 Å². The second-order valence-corrected chi connectivity index (χ2v) is 7.27. The van der Waals surface area contributed by atoms with Crippen molar-refractivity contribution in [1.82, 2.24) is 20.8 Å². The van der Waals surface area contributed by atoms with Crippen molar-refractivity contribution in [3.05, 3.63) is 23.4 Å². The number of nitrogens with one attached hydrogen (secondary N) is 2. The Kier molecular flexibility index (Phi) is 5.07. The van der Waals surface area contributed by atoms with E-state index in [2.05, 4.69) is 27.7 Å². The molecule has 0 aromatic carbocycles. The summed E-state index contributed by atoms with van der Waals surface area (Å²) in [6.45, 7) is 5.02. The maximum absolute atomic E-state index is 12.0. The number of thiophene rings is 1. The van der Waals surface area contributed by atoms with Crippen LogP contribution in [0.15, 0.2) is 22.0 Å². The maximum Gasteiger partial charge on any atom is 0.227 e. The molecule has 1 saturated heterocycles. The second kappa shape index (κ2) is 7.23. The van der Waals surface area contributed by atoms with Gasteiger partial charge in [0.05, 0.1) is 4.88 Å². The molecular weight excluding hydrogens is 312 g/mol. The standard InChI is InChI=1S/C16H22N4O2S/c1-16(6-8-17-9-7-16)11-18-13(21)4-5-14-19-15(20-22-14)12-3-2-10-23-12/h2-3,10,17H,4-9,11H2,1H3,(H,18,21). The summed E-state index contributed by atoms with van der Waals surface area (Å²) in [4.78, 5) is 17.3. The van der Waals surface area contributed by atoms with Crippen molar-refractivity contribution < 1.29 is 9.32 Å². The van der Waals surface area contributed by atoms with Gasteiger partial charge in [0.1, 0.15) is 0 Å². The molecule has 0 radical (unpaired) electrons. The van der Waals surface area contributed by atoms with E-state index in [-0.39, 0.29) is 11.3 Å². The third kappa shape index (κ3) is 4.39. The molecule has 23 heavy (non-hydrogen) atoms. The zero-order valence-electron chi connectivity index (χ0n) is 13.3. The Bertz CT molecular complexity index is 632. The number of amides is 1. The predicted molar refractivity (Wildman–Crippen MR) is 89.2 cm³/mol. The first-order valence-electron chi connectivity index (χ1n) is 7.99. The Balaban J connectivity index is 1.44. The van der Waals surface area contributed by atoms with Gasteiger partial charge in [-0.15, -0.1) is 11.3 Å². The lowest BCUT2D eigenvalue weighted by molar-refractivity contribution is -0.121. The SMILES string of the molecule is CC1(CNC(=O)CCc2nc(-c3cccs3)no2)CCNCC1. The van der Waals surface area contributed by atoms with Crippen molar-refractivity contribution >= 4 is 17.2 Å². The van der Waals surface area contributed by atoms with E-state index in [0.29, 0.717) is 24.6 Å². The molecule has 124 valence electrons. The van der Waals surface area contributed by atoms with Crippen LogP contribution in [0, 0.1) is 5.41 Å². The van der Waals surface area contributed by atoms with Crippen molar-refractivity contribution in [2.24, 2.45) is 5.41 Å². The fraction of sp³-hybridized carbons (Fsp3) is 0.562. The lowest BCUT2D eigenvalue weighted by Gasteiger charge is -2.34. The summed E-state index contributed by atoms with van der Waals surface area (Å²) in [5.41, 5.74) is 0.206. The summed E-state index contributed by atoms with van der Waals surface area (Å²) in [6.07, 6.45) is 3.05. The molecule has 3 rings (SSSR count). The molecule has 2 aromatic rings. The number of aromatic nitrogens is 2. The monoisotopic (exact) mass is 334 g/mol. The van der Waals surface area contributed by atoms with Crippen LogP contribution in [-0.4, -0.2) is 35.7 Å². The van der Waals surface area contributed by atoms with E-state index in [9.17, 15) is 4.79 Å².